The van der Waals surface area contributed by atoms with Gasteiger partial charge in [0, 0.05) is 0 Å². The maximum absolute atomic E-state index is 10.9. The topological polar surface area (TPSA) is 61.8 Å². The minimum absolute atomic E-state index is 0.135. The van der Waals surface area contributed by atoms with E-state index in [0.29, 0.717) is 19.8 Å². The van der Waals surface area contributed by atoms with Gasteiger partial charge in [0.1, 0.15) is 5.75 Å². The molecule has 0 amide bonds. The Bertz CT molecular complexity index is 216. The van der Waals surface area contributed by atoms with Gasteiger partial charge in [0.15, 0.2) is 0 Å². The van der Waals surface area contributed by atoms with Crippen molar-refractivity contribution in [2.45, 2.75) is 6.10 Å². The summed E-state index contributed by atoms with van der Waals surface area (Å²) in [5, 5.41) is 0. The van der Waals surface area contributed by atoms with Crippen molar-refractivity contribution in [2.24, 2.45) is 0 Å². The molecule has 0 saturated carbocycles. The average Bonchev–Trinajstić information content (AvgIpc) is 2.06. The van der Waals surface area contributed by atoms with Gasteiger partial charge in [0.05, 0.1) is 33.0 Å². The molecule has 1 fully saturated rings. The Morgan fingerprint density at radius 2 is 2.25 bits per heavy atom. The number of rotatable bonds is 3. The van der Waals surface area contributed by atoms with Crippen molar-refractivity contribution >= 4 is 10.1 Å². The van der Waals surface area contributed by atoms with Gasteiger partial charge >= 0.3 is 0 Å². The SMILES string of the molecule is COS(=O)(=O)CC1COCCO1. The van der Waals surface area contributed by atoms with Crippen LogP contribution in [0.25, 0.3) is 0 Å². The second-order valence-corrected chi connectivity index (χ2v) is 4.24. The molecule has 0 N–H and O–H groups in total. The van der Waals surface area contributed by atoms with Gasteiger partial charge in [-0.1, -0.05) is 0 Å². The van der Waals surface area contributed by atoms with E-state index in [1.54, 1.807) is 0 Å². The van der Waals surface area contributed by atoms with Crippen LogP contribution in [0.5, 0.6) is 0 Å². The predicted octanol–water partition coefficient (Wildman–Crippen LogP) is -0.622. The maximum atomic E-state index is 10.9. The summed E-state index contributed by atoms with van der Waals surface area (Å²) in [7, 11) is -2.29. The fourth-order valence-corrected chi connectivity index (χ4v) is 1.71. The van der Waals surface area contributed by atoms with Gasteiger partial charge in [-0.15, -0.1) is 0 Å². The van der Waals surface area contributed by atoms with E-state index < -0.39 is 10.1 Å². The summed E-state index contributed by atoms with van der Waals surface area (Å²) in [5.74, 6) is -0.135. The Balaban J connectivity index is 2.39. The minimum Gasteiger partial charge on any atom is -0.376 e. The van der Waals surface area contributed by atoms with Crippen molar-refractivity contribution in [1.82, 2.24) is 0 Å². The smallest absolute Gasteiger partial charge is 0.269 e. The van der Waals surface area contributed by atoms with Crippen LogP contribution in [-0.2, 0) is 23.8 Å². The molecule has 1 aliphatic rings. The summed E-state index contributed by atoms with van der Waals surface area (Å²) in [6.45, 7) is 1.30. The third-order valence-corrected chi connectivity index (χ3v) is 2.82. The third-order valence-electron chi connectivity index (χ3n) is 1.53. The van der Waals surface area contributed by atoms with Crippen LogP contribution in [0.4, 0.5) is 0 Å². The highest BCUT2D eigenvalue weighted by Gasteiger charge is 2.21. The fraction of sp³-hybridized carbons (Fsp3) is 1.00. The van der Waals surface area contributed by atoms with Crippen molar-refractivity contribution in [3.05, 3.63) is 0 Å². The second-order valence-electron chi connectivity index (χ2n) is 2.46. The molecular weight excluding hydrogens is 184 g/mol. The lowest BCUT2D eigenvalue weighted by Crippen LogP contribution is -2.34. The van der Waals surface area contributed by atoms with Crippen LogP contribution in [0, 0.1) is 0 Å². The number of hydrogen-bond acceptors (Lipinski definition) is 5. The summed E-state index contributed by atoms with van der Waals surface area (Å²) in [5.41, 5.74) is 0. The van der Waals surface area contributed by atoms with Crippen molar-refractivity contribution in [3.63, 3.8) is 0 Å². The van der Waals surface area contributed by atoms with Gasteiger partial charge in [-0.05, 0) is 0 Å². The monoisotopic (exact) mass is 196 g/mol. The zero-order chi connectivity index (χ0) is 9.03. The molecule has 0 spiro atoms. The molecule has 1 saturated heterocycles. The van der Waals surface area contributed by atoms with E-state index in [1.165, 1.54) is 0 Å². The second kappa shape index (κ2) is 4.18. The Labute approximate surface area is 71.7 Å². The van der Waals surface area contributed by atoms with E-state index in [-0.39, 0.29) is 11.9 Å². The van der Waals surface area contributed by atoms with Gasteiger partial charge in [0.2, 0.25) is 0 Å². The summed E-state index contributed by atoms with van der Waals surface area (Å²) in [4.78, 5) is 0. The van der Waals surface area contributed by atoms with E-state index in [9.17, 15) is 8.42 Å². The Morgan fingerprint density at radius 3 is 2.75 bits per heavy atom. The molecular formula is C6H12O5S. The molecule has 1 rings (SSSR count). The molecule has 1 atom stereocenters. The predicted molar refractivity (Wildman–Crippen MR) is 41.4 cm³/mol. The van der Waals surface area contributed by atoms with Crippen molar-refractivity contribution in [3.8, 4) is 0 Å². The number of ether oxygens (including phenoxy) is 2. The fourth-order valence-electron chi connectivity index (χ4n) is 0.929. The Morgan fingerprint density at radius 1 is 1.50 bits per heavy atom. The van der Waals surface area contributed by atoms with Crippen LogP contribution in [0.15, 0.2) is 0 Å². The van der Waals surface area contributed by atoms with E-state index in [0.717, 1.165) is 7.11 Å². The molecule has 0 bridgehead atoms. The molecule has 0 aromatic heterocycles. The van der Waals surface area contributed by atoms with E-state index in [2.05, 4.69) is 4.18 Å². The van der Waals surface area contributed by atoms with E-state index in [1.807, 2.05) is 0 Å². The molecule has 72 valence electrons. The summed E-state index contributed by atoms with van der Waals surface area (Å²) < 4.78 is 36.3. The average molecular weight is 196 g/mol. The van der Waals surface area contributed by atoms with Crippen LogP contribution >= 0.6 is 0 Å². The molecule has 1 heterocycles. The third kappa shape index (κ3) is 3.06. The quantitative estimate of drug-likeness (QED) is 0.563. The highest BCUT2D eigenvalue weighted by atomic mass is 32.2. The summed E-state index contributed by atoms with van der Waals surface area (Å²) >= 11 is 0. The number of hydrogen-bond donors (Lipinski definition) is 0. The van der Waals surface area contributed by atoms with Crippen molar-refractivity contribution < 1.29 is 22.1 Å². The van der Waals surface area contributed by atoms with Crippen LogP contribution < -0.4 is 0 Å². The molecule has 1 unspecified atom stereocenters. The van der Waals surface area contributed by atoms with Crippen molar-refractivity contribution in [1.29, 1.82) is 0 Å². The van der Waals surface area contributed by atoms with Crippen molar-refractivity contribution in [2.75, 3.05) is 32.7 Å². The lowest BCUT2D eigenvalue weighted by Gasteiger charge is -2.21. The Hall–Kier alpha value is -0.170. The summed E-state index contributed by atoms with van der Waals surface area (Å²) in [6, 6.07) is 0. The zero-order valence-electron chi connectivity index (χ0n) is 6.86. The molecule has 6 heteroatoms. The molecule has 0 radical (unpaired) electrons. The van der Waals surface area contributed by atoms with Crippen LogP contribution in [0.2, 0.25) is 0 Å². The van der Waals surface area contributed by atoms with Gasteiger partial charge < -0.3 is 9.47 Å². The zero-order valence-corrected chi connectivity index (χ0v) is 7.67. The largest absolute Gasteiger partial charge is 0.376 e. The molecule has 1 aliphatic heterocycles. The molecule has 12 heavy (non-hydrogen) atoms. The van der Waals surface area contributed by atoms with Gasteiger partial charge in [-0.2, -0.15) is 8.42 Å². The molecule has 5 nitrogen and oxygen atoms in total. The van der Waals surface area contributed by atoms with Gasteiger partial charge in [0.25, 0.3) is 10.1 Å². The standard InChI is InChI=1S/C6H12O5S/c1-9-12(7,8)5-6-4-10-2-3-11-6/h6H,2-5H2,1H3. The van der Waals surface area contributed by atoms with Gasteiger partial charge in [-0.25, -0.2) is 0 Å². The van der Waals surface area contributed by atoms with Gasteiger partial charge in [-0.3, -0.25) is 4.18 Å². The van der Waals surface area contributed by atoms with Crippen LogP contribution in [0.3, 0.4) is 0 Å². The first-order chi connectivity index (χ1) is 5.64. The Kier molecular flexibility index (Phi) is 3.45. The normalized spacial score (nSPS) is 25.6. The minimum atomic E-state index is -3.42. The molecule has 0 aromatic carbocycles. The molecule has 0 aliphatic carbocycles. The highest BCUT2D eigenvalue weighted by molar-refractivity contribution is 7.86. The first kappa shape index (κ1) is 9.91. The first-order valence-electron chi connectivity index (χ1n) is 3.62. The summed E-state index contributed by atoms with van der Waals surface area (Å²) in [6.07, 6.45) is -0.385. The first-order valence-corrected chi connectivity index (χ1v) is 5.19. The van der Waals surface area contributed by atoms with Crippen LogP contribution in [-0.4, -0.2) is 47.2 Å². The van der Waals surface area contributed by atoms with Crippen LogP contribution in [0.1, 0.15) is 0 Å². The highest BCUT2D eigenvalue weighted by Crippen LogP contribution is 2.04. The lowest BCUT2D eigenvalue weighted by molar-refractivity contribution is -0.0787. The maximum Gasteiger partial charge on any atom is 0.269 e. The van der Waals surface area contributed by atoms with E-state index >= 15 is 0 Å². The molecule has 0 aromatic rings. The van der Waals surface area contributed by atoms with E-state index in [4.69, 9.17) is 9.47 Å². The lowest BCUT2D eigenvalue weighted by atomic mass is 10.4.